The number of amides is 1. The van der Waals surface area contributed by atoms with Crippen LogP contribution >= 0.6 is 7.82 Å². The highest BCUT2D eigenvalue weighted by Gasteiger charge is 2.32. The summed E-state index contributed by atoms with van der Waals surface area (Å²) in [4.78, 5) is 24.3. The number of benzene rings is 2. The van der Waals surface area contributed by atoms with Gasteiger partial charge in [0.1, 0.15) is 11.5 Å². The van der Waals surface area contributed by atoms with E-state index in [0.717, 1.165) is 42.4 Å². The average molecular weight is 558 g/mol. The molecule has 0 spiro atoms. The van der Waals surface area contributed by atoms with Crippen LogP contribution in [0.2, 0.25) is 0 Å². The van der Waals surface area contributed by atoms with Gasteiger partial charge in [-0.3, -0.25) is 9.05 Å². The molecule has 9 heteroatoms. The van der Waals surface area contributed by atoms with Crippen molar-refractivity contribution in [1.29, 1.82) is 0 Å². The molecule has 1 unspecified atom stereocenters. The minimum atomic E-state index is -4.31. The Kier molecular flexibility index (Phi) is 11.0. The highest BCUT2D eigenvalue weighted by molar-refractivity contribution is 7.47. The molecule has 8 nitrogen and oxygen atoms in total. The van der Waals surface area contributed by atoms with Gasteiger partial charge >= 0.3 is 13.9 Å². The number of aryl methyl sites for hydroxylation is 1. The highest BCUT2D eigenvalue weighted by atomic mass is 31.2. The SMILES string of the molecule is C=C(C)[C@@H]1CCC(C)=C[C@H]1c1c(O)cc(CCC)cc1OC(=O)N(C)CCOP(=O)(O)OCc1ccccc1. The van der Waals surface area contributed by atoms with Crippen LogP contribution in [0.25, 0.3) is 0 Å². The highest BCUT2D eigenvalue weighted by Crippen LogP contribution is 2.47. The van der Waals surface area contributed by atoms with Gasteiger partial charge in [0.15, 0.2) is 0 Å². The number of hydrogen-bond donors (Lipinski definition) is 2. The molecule has 39 heavy (non-hydrogen) atoms. The summed E-state index contributed by atoms with van der Waals surface area (Å²) in [6, 6.07) is 12.5. The van der Waals surface area contributed by atoms with Gasteiger partial charge in [0.25, 0.3) is 0 Å². The fourth-order valence-electron chi connectivity index (χ4n) is 4.75. The van der Waals surface area contributed by atoms with Crippen molar-refractivity contribution in [3.8, 4) is 11.5 Å². The van der Waals surface area contributed by atoms with Crippen molar-refractivity contribution < 1.29 is 33.1 Å². The number of ether oxygens (including phenoxy) is 1. The number of nitrogens with zero attached hydrogens (tertiary/aromatic N) is 1. The number of phosphoric ester groups is 1. The molecule has 2 N–H and O–H groups in total. The van der Waals surface area contributed by atoms with Gasteiger partial charge in [-0.05, 0) is 62.3 Å². The minimum absolute atomic E-state index is 0.00905. The number of phosphoric acid groups is 1. The molecule has 2 aromatic rings. The van der Waals surface area contributed by atoms with E-state index in [1.165, 1.54) is 17.5 Å². The molecule has 1 aliphatic rings. The first-order valence-corrected chi connectivity index (χ1v) is 14.8. The average Bonchev–Trinajstić information content (AvgIpc) is 2.88. The van der Waals surface area contributed by atoms with Crippen LogP contribution < -0.4 is 4.74 Å². The van der Waals surface area contributed by atoms with Gasteiger partial charge in [0, 0.05) is 25.1 Å². The van der Waals surface area contributed by atoms with Gasteiger partial charge in [-0.15, -0.1) is 0 Å². The van der Waals surface area contributed by atoms with Crippen LogP contribution in [0.3, 0.4) is 0 Å². The van der Waals surface area contributed by atoms with Gasteiger partial charge in [-0.1, -0.05) is 67.5 Å². The fourth-order valence-corrected chi connectivity index (χ4v) is 5.45. The topological polar surface area (TPSA) is 106 Å². The second kappa shape index (κ2) is 13.9. The summed E-state index contributed by atoms with van der Waals surface area (Å²) in [5.41, 5.74) is 4.39. The first-order chi connectivity index (χ1) is 18.5. The number of phenolic OH excluding ortho intramolecular Hbond substituents is 1. The third-order valence-corrected chi connectivity index (χ3v) is 7.82. The zero-order valence-corrected chi connectivity index (χ0v) is 24.2. The molecule has 2 aromatic carbocycles. The lowest BCUT2D eigenvalue weighted by atomic mass is 9.73. The van der Waals surface area contributed by atoms with Crippen molar-refractivity contribution in [2.75, 3.05) is 20.2 Å². The van der Waals surface area contributed by atoms with Crippen molar-refractivity contribution in [2.24, 2.45) is 5.92 Å². The van der Waals surface area contributed by atoms with E-state index in [0.29, 0.717) is 11.3 Å². The van der Waals surface area contributed by atoms with Gasteiger partial charge in [0.2, 0.25) is 0 Å². The zero-order valence-electron chi connectivity index (χ0n) is 23.3. The first kappa shape index (κ1) is 30.6. The standard InChI is InChI=1S/C30H40NO7P/c1-6-10-24-18-27(32)29(26-17-22(4)13-14-25(26)21(2)3)28(19-24)38-30(33)31(5)15-16-36-39(34,35)37-20-23-11-8-7-9-12-23/h7-9,11-12,17-19,25-26,32H,2,6,10,13-16,20H2,1,3-5H3,(H,34,35)/t25-,26+/m0/s1. The van der Waals surface area contributed by atoms with E-state index in [9.17, 15) is 19.4 Å². The summed E-state index contributed by atoms with van der Waals surface area (Å²) in [6.07, 6.45) is 4.89. The van der Waals surface area contributed by atoms with E-state index in [1.54, 1.807) is 30.3 Å². The molecule has 0 saturated carbocycles. The molecule has 0 radical (unpaired) electrons. The van der Waals surface area contributed by atoms with Gasteiger partial charge < -0.3 is 19.6 Å². The van der Waals surface area contributed by atoms with Crippen LogP contribution in [-0.2, 0) is 26.6 Å². The third-order valence-electron chi connectivity index (χ3n) is 6.86. The predicted octanol–water partition coefficient (Wildman–Crippen LogP) is 7.13. The number of hydrogen-bond acceptors (Lipinski definition) is 6. The lowest BCUT2D eigenvalue weighted by Crippen LogP contribution is -2.33. The Bertz CT molecular complexity index is 1230. The van der Waals surface area contributed by atoms with Crippen LogP contribution in [0.5, 0.6) is 11.5 Å². The fraction of sp³-hybridized carbons (Fsp3) is 0.433. The molecule has 0 saturated heterocycles. The molecule has 3 atom stereocenters. The van der Waals surface area contributed by atoms with Crippen LogP contribution in [-0.4, -0.2) is 41.2 Å². The van der Waals surface area contributed by atoms with E-state index in [4.69, 9.17) is 13.8 Å². The monoisotopic (exact) mass is 557 g/mol. The molecule has 0 bridgehead atoms. The molecule has 0 aliphatic heterocycles. The molecule has 1 aliphatic carbocycles. The predicted molar refractivity (Wildman–Crippen MR) is 152 cm³/mol. The lowest BCUT2D eigenvalue weighted by molar-refractivity contribution is 0.122. The van der Waals surface area contributed by atoms with Gasteiger partial charge in [0.05, 0.1) is 13.2 Å². The Morgan fingerprint density at radius 1 is 1.18 bits per heavy atom. The van der Waals surface area contributed by atoms with Crippen LogP contribution in [0.15, 0.2) is 66.3 Å². The Morgan fingerprint density at radius 3 is 2.56 bits per heavy atom. The molecule has 1 amide bonds. The number of carbonyl (C=O) groups is 1. The van der Waals surface area contributed by atoms with E-state index < -0.39 is 13.9 Å². The summed E-state index contributed by atoms with van der Waals surface area (Å²) >= 11 is 0. The van der Waals surface area contributed by atoms with Crippen molar-refractivity contribution in [1.82, 2.24) is 4.90 Å². The number of allylic oxidation sites excluding steroid dienone is 3. The summed E-state index contributed by atoms with van der Waals surface area (Å²) < 4.78 is 28.1. The summed E-state index contributed by atoms with van der Waals surface area (Å²) in [5, 5.41) is 11.1. The summed E-state index contributed by atoms with van der Waals surface area (Å²) in [6.45, 7) is 9.93. The largest absolute Gasteiger partial charge is 0.507 e. The number of phenols is 1. The second-order valence-electron chi connectivity index (χ2n) is 10.2. The second-order valence-corrected chi connectivity index (χ2v) is 11.6. The molecule has 3 rings (SSSR count). The summed E-state index contributed by atoms with van der Waals surface area (Å²) in [5.74, 6) is 0.325. The molecule has 0 heterocycles. The third kappa shape index (κ3) is 8.80. The quantitative estimate of drug-likeness (QED) is 0.211. The zero-order chi connectivity index (χ0) is 28.6. The van der Waals surface area contributed by atoms with E-state index in [2.05, 4.69) is 19.6 Å². The Labute approximate surface area is 231 Å². The smallest absolute Gasteiger partial charge is 0.472 e. The van der Waals surface area contributed by atoms with Crippen molar-refractivity contribution in [2.45, 2.75) is 59.0 Å². The van der Waals surface area contributed by atoms with Crippen LogP contribution in [0, 0.1) is 5.92 Å². The maximum Gasteiger partial charge on any atom is 0.472 e. The molecular formula is C30H40NO7P. The lowest BCUT2D eigenvalue weighted by Gasteiger charge is -2.32. The minimum Gasteiger partial charge on any atom is -0.507 e. The number of carbonyl (C=O) groups excluding carboxylic acids is 1. The maximum absolute atomic E-state index is 13.0. The first-order valence-electron chi connectivity index (χ1n) is 13.3. The molecule has 0 fully saturated rings. The Hall–Kier alpha value is -2.90. The Morgan fingerprint density at radius 2 is 1.90 bits per heavy atom. The Balaban J connectivity index is 1.71. The maximum atomic E-state index is 13.0. The van der Waals surface area contributed by atoms with E-state index >= 15 is 0 Å². The van der Waals surface area contributed by atoms with Crippen molar-refractivity contribution in [3.05, 3.63) is 83.0 Å². The van der Waals surface area contributed by atoms with Crippen molar-refractivity contribution >= 4 is 13.9 Å². The van der Waals surface area contributed by atoms with Gasteiger partial charge in [-0.25, -0.2) is 9.36 Å². The normalized spacial score (nSPS) is 18.6. The van der Waals surface area contributed by atoms with E-state index in [1.807, 2.05) is 26.0 Å². The van der Waals surface area contributed by atoms with Crippen molar-refractivity contribution in [3.63, 3.8) is 0 Å². The number of rotatable bonds is 12. The number of likely N-dealkylation sites (N-methyl/N-ethyl adjacent to an activating group) is 1. The van der Waals surface area contributed by atoms with E-state index in [-0.39, 0.29) is 37.3 Å². The molecular weight excluding hydrogens is 517 g/mol. The molecule has 212 valence electrons. The van der Waals surface area contributed by atoms with Crippen LogP contribution in [0.1, 0.15) is 62.6 Å². The molecule has 0 aromatic heterocycles. The summed E-state index contributed by atoms with van der Waals surface area (Å²) in [7, 11) is -2.80. The van der Waals surface area contributed by atoms with Crippen LogP contribution in [0.4, 0.5) is 4.79 Å². The van der Waals surface area contributed by atoms with Gasteiger partial charge in [-0.2, -0.15) is 0 Å². The number of aromatic hydroxyl groups is 1.